The minimum atomic E-state index is -4.55. The minimum Gasteiger partial charge on any atom is -0.478 e. The lowest BCUT2D eigenvalue weighted by Crippen LogP contribution is -2.09. The van der Waals surface area contributed by atoms with Crippen molar-refractivity contribution in [3.8, 4) is 28.7 Å². The van der Waals surface area contributed by atoms with E-state index in [2.05, 4.69) is 5.32 Å². The topological polar surface area (TPSA) is 82.4 Å². The van der Waals surface area contributed by atoms with E-state index in [4.69, 9.17) is 21.6 Å². The number of rotatable bonds is 2. The lowest BCUT2D eigenvalue weighted by molar-refractivity contribution is -0.137. The number of aromatic carboxylic acids is 1. The van der Waals surface area contributed by atoms with Crippen molar-refractivity contribution in [1.82, 2.24) is 0 Å². The number of fused-ring (bicyclic) bond motifs is 2. The van der Waals surface area contributed by atoms with Crippen LogP contribution in [0.5, 0.6) is 11.5 Å². The summed E-state index contributed by atoms with van der Waals surface area (Å²) in [5.41, 5.74) is 0.737. The number of alkyl halides is 3. The molecule has 0 aliphatic carbocycles. The molecule has 1 aliphatic heterocycles. The molecule has 0 saturated heterocycles. The van der Waals surface area contributed by atoms with Crippen LogP contribution in [-0.4, -0.2) is 11.1 Å². The van der Waals surface area contributed by atoms with Gasteiger partial charge < -0.3 is 15.2 Å². The molecule has 9 heteroatoms. The van der Waals surface area contributed by atoms with Crippen molar-refractivity contribution < 1.29 is 27.8 Å². The number of hydrogen-bond acceptors (Lipinski definition) is 4. The Morgan fingerprint density at radius 2 is 1.77 bits per heavy atom. The average molecular weight is 431 g/mol. The monoisotopic (exact) mass is 430 g/mol. The highest BCUT2D eigenvalue weighted by Crippen LogP contribution is 2.46. The van der Waals surface area contributed by atoms with Gasteiger partial charge in [-0.2, -0.15) is 18.4 Å². The maximum Gasteiger partial charge on any atom is 0.417 e. The summed E-state index contributed by atoms with van der Waals surface area (Å²) in [4.78, 5) is 11.5. The normalized spacial score (nSPS) is 12.1. The van der Waals surface area contributed by atoms with E-state index in [0.29, 0.717) is 22.6 Å². The van der Waals surface area contributed by atoms with Crippen molar-refractivity contribution in [2.45, 2.75) is 6.18 Å². The number of ether oxygens (including phenoxy) is 1. The van der Waals surface area contributed by atoms with E-state index in [1.807, 2.05) is 6.07 Å². The molecule has 150 valence electrons. The van der Waals surface area contributed by atoms with Gasteiger partial charge in [0.25, 0.3) is 0 Å². The fraction of sp³-hybridized carbons (Fsp3) is 0.0476. The van der Waals surface area contributed by atoms with Gasteiger partial charge in [-0.1, -0.05) is 23.7 Å². The first-order valence-corrected chi connectivity index (χ1v) is 8.82. The van der Waals surface area contributed by atoms with Crippen LogP contribution in [-0.2, 0) is 6.18 Å². The van der Waals surface area contributed by atoms with Gasteiger partial charge in [-0.15, -0.1) is 0 Å². The summed E-state index contributed by atoms with van der Waals surface area (Å²) in [6, 6.07) is 12.8. The Bertz CT molecular complexity index is 1250. The number of anilines is 2. The molecule has 0 amide bonds. The number of carboxylic acids is 1. The van der Waals surface area contributed by atoms with E-state index in [1.54, 1.807) is 18.2 Å². The number of carboxylic acid groups (broad SMARTS) is 1. The van der Waals surface area contributed by atoms with Crippen LogP contribution in [0.3, 0.4) is 0 Å². The summed E-state index contributed by atoms with van der Waals surface area (Å²) < 4.78 is 44.6. The van der Waals surface area contributed by atoms with E-state index >= 15 is 0 Å². The molecule has 0 fully saturated rings. The molecule has 0 spiro atoms. The molecule has 0 bridgehead atoms. The highest BCUT2D eigenvalue weighted by Gasteiger charge is 2.33. The van der Waals surface area contributed by atoms with E-state index in [-0.39, 0.29) is 22.6 Å². The molecule has 0 saturated carbocycles. The van der Waals surface area contributed by atoms with Gasteiger partial charge in [-0.25, -0.2) is 4.79 Å². The first kappa shape index (κ1) is 19.6. The van der Waals surface area contributed by atoms with Crippen molar-refractivity contribution in [2.75, 3.05) is 5.32 Å². The van der Waals surface area contributed by atoms with Gasteiger partial charge in [0.2, 0.25) is 0 Å². The number of halogens is 4. The number of hydrogen-bond donors (Lipinski definition) is 2. The van der Waals surface area contributed by atoms with Crippen LogP contribution in [0.1, 0.15) is 21.5 Å². The Balaban J connectivity index is 1.74. The predicted molar refractivity (Wildman–Crippen MR) is 103 cm³/mol. The van der Waals surface area contributed by atoms with Crippen molar-refractivity contribution in [3.05, 3.63) is 70.2 Å². The molecule has 1 heterocycles. The molecule has 0 atom stereocenters. The van der Waals surface area contributed by atoms with Crippen molar-refractivity contribution in [1.29, 1.82) is 5.26 Å². The first-order valence-electron chi connectivity index (χ1n) is 8.45. The molecular formula is C21H10ClF3N2O3. The Morgan fingerprint density at radius 1 is 1.07 bits per heavy atom. The highest BCUT2D eigenvalue weighted by molar-refractivity contribution is 6.31. The number of nitriles is 1. The Kier molecular flexibility index (Phi) is 4.56. The van der Waals surface area contributed by atoms with Gasteiger partial charge in [0, 0.05) is 6.07 Å². The number of benzene rings is 3. The zero-order chi connectivity index (χ0) is 21.6. The van der Waals surface area contributed by atoms with Crippen molar-refractivity contribution in [2.24, 2.45) is 0 Å². The fourth-order valence-electron chi connectivity index (χ4n) is 3.13. The molecule has 0 unspecified atom stereocenters. The molecule has 3 aromatic carbocycles. The van der Waals surface area contributed by atoms with Crippen LogP contribution in [0.15, 0.2) is 48.5 Å². The number of nitrogens with one attached hydrogen (secondary N) is 1. The van der Waals surface area contributed by atoms with E-state index in [9.17, 15) is 23.1 Å². The molecule has 3 aromatic rings. The summed E-state index contributed by atoms with van der Waals surface area (Å²) in [7, 11) is 0. The molecule has 1 aliphatic rings. The van der Waals surface area contributed by atoms with E-state index < -0.39 is 22.7 Å². The third kappa shape index (κ3) is 3.40. The molecular weight excluding hydrogens is 421 g/mol. The largest absolute Gasteiger partial charge is 0.478 e. The Hall–Kier alpha value is -3.70. The van der Waals surface area contributed by atoms with Gasteiger partial charge in [0.1, 0.15) is 0 Å². The van der Waals surface area contributed by atoms with Gasteiger partial charge >= 0.3 is 12.1 Å². The fourth-order valence-corrected chi connectivity index (χ4v) is 3.41. The standard InChI is InChI=1S/C21H10ClF3N2O3/c22-15-7-11(1-3-14(15)21(23,24)25)12-2-4-16-17(8-12)30-18-6-10(9-26)5-13(20(28)29)19(18)27-16/h1-8,27H,(H,28,29). The quantitative estimate of drug-likeness (QED) is 0.382. The first-order chi connectivity index (χ1) is 14.2. The molecule has 30 heavy (non-hydrogen) atoms. The predicted octanol–water partition coefficient (Wildman–Crippen LogP) is 6.44. The number of carbonyl (C=O) groups is 1. The van der Waals surface area contributed by atoms with Crippen LogP contribution >= 0.6 is 11.6 Å². The minimum absolute atomic E-state index is 0.113. The van der Waals surface area contributed by atoms with Crippen LogP contribution < -0.4 is 10.1 Å². The zero-order valence-electron chi connectivity index (χ0n) is 14.8. The third-order valence-electron chi connectivity index (χ3n) is 4.53. The lowest BCUT2D eigenvalue weighted by Gasteiger charge is -2.24. The van der Waals surface area contributed by atoms with Crippen LogP contribution in [0.4, 0.5) is 24.5 Å². The van der Waals surface area contributed by atoms with Crippen LogP contribution in [0, 0.1) is 11.3 Å². The summed E-state index contributed by atoms with van der Waals surface area (Å²) in [6.07, 6.45) is -4.55. The van der Waals surface area contributed by atoms with Crippen LogP contribution in [0.2, 0.25) is 5.02 Å². The summed E-state index contributed by atoms with van der Waals surface area (Å²) >= 11 is 5.80. The van der Waals surface area contributed by atoms with Gasteiger partial charge in [0.05, 0.1) is 39.2 Å². The summed E-state index contributed by atoms with van der Waals surface area (Å²) in [5.74, 6) is -0.747. The van der Waals surface area contributed by atoms with Crippen molar-refractivity contribution >= 4 is 28.9 Å². The second-order valence-corrected chi connectivity index (χ2v) is 6.85. The van der Waals surface area contributed by atoms with Gasteiger partial charge in [-0.3, -0.25) is 0 Å². The van der Waals surface area contributed by atoms with Gasteiger partial charge in [-0.05, 0) is 41.5 Å². The molecule has 4 rings (SSSR count). The molecule has 0 aromatic heterocycles. The summed E-state index contributed by atoms with van der Waals surface area (Å²) in [5, 5.41) is 21.1. The third-order valence-corrected chi connectivity index (χ3v) is 4.84. The van der Waals surface area contributed by atoms with Gasteiger partial charge in [0.15, 0.2) is 11.5 Å². The van der Waals surface area contributed by atoms with Crippen molar-refractivity contribution in [3.63, 3.8) is 0 Å². The number of nitrogens with zero attached hydrogens (tertiary/aromatic N) is 1. The summed E-state index contributed by atoms with van der Waals surface area (Å²) in [6.45, 7) is 0. The molecule has 5 nitrogen and oxygen atoms in total. The van der Waals surface area contributed by atoms with E-state index in [1.165, 1.54) is 24.3 Å². The maximum atomic E-state index is 12.9. The molecule has 0 radical (unpaired) electrons. The second kappa shape index (κ2) is 6.97. The maximum absolute atomic E-state index is 12.9. The van der Waals surface area contributed by atoms with E-state index in [0.717, 1.165) is 6.07 Å². The SMILES string of the molecule is N#Cc1cc2c(c(C(=O)O)c1)Nc1ccc(-c3ccc(C(F)(F)F)c(Cl)c3)cc1O2. The average Bonchev–Trinajstić information content (AvgIpc) is 2.69. The Morgan fingerprint density at radius 3 is 2.40 bits per heavy atom. The smallest absolute Gasteiger partial charge is 0.417 e. The second-order valence-electron chi connectivity index (χ2n) is 6.44. The highest BCUT2D eigenvalue weighted by atomic mass is 35.5. The lowest BCUT2D eigenvalue weighted by atomic mass is 10.0. The molecule has 2 N–H and O–H groups in total. The van der Waals surface area contributed by atoms with Crippen LogP contribution in [0.25, 0.3) is 11.1 Å². The zero-order valence-corrected chi connectivity index (χ0v) is 15.6. The Labute approximate surface area is 172 Å².